The first-order chi connectivity index (χ1) is 15.3. The predicted octanol–water partition coefficient (Wildman–Crippen LogP) is 6.87. The Bertz CT molecular complexity index is 916. The molecule has 0 radical (unpaired) electrons. The molecule has 0 aromatic heterocycles. The number of allylic oxidation sites excluding steroid dienone is 3. The van der Waals surface area contributed by atoms with E-state index in [4.69, 9.17) is 0 Å². The summed E-state index contributed by atoms with van der Waals surface area (Å²) in [6, 6.07) is 0. The van der Waals surface area contributed by atoms with Gasteiger partial charge in [0.1, 0.15) is 0 Å². The van der Waals surface area contributed by atoms with Gasteiger partial charge in [0.25, 0.3) is 0 Å². The standard InChI is InChI=1S/C30H46O3/c1-18(2)19-10-13-30(17-31)15-14-28(6)20(24(19)30)8-9-23-27(5)16-21(32)25(33)26(3,4)22(27)11-12-29(23,28)7/h16,19-20,22-24,31-32H,1,8-15,17H2,2-7H3/t19-,20?,22?,23?,24?,27-,28-,29+,30?/m0/s1. The molecule has 33 heavy (non-hydrogen) atoms. The summed E-state index contributed by atoms with van der Waals surface area (Å²) in [6.45, 7) is 18.5. The molecule has 0 heterocycles. The van der Waals surface area contributed by atoms with Crippen molar-refractivity contribution in [3.63, 3.8) is 0 Å². The minimum absolute atomic E-state index is 0.00337. The Morgan fingerprint density at radius 3 is 2.30 bits per heavy atom. The van der Waals surface area contributed by atoms with Crippen molar-refractivity contribution in [2.45, 2.75) is 92.9 Å². The lowest BCUT2D eigenvalue weighted by molar-refractivity contribution is -0.222. The van der Waals surface area contributed by atoms with Gasteiger partial charge < -0.3 is 10.2 Å². The third kappa shape index (κ3) is 2.69. The van der Waals surface area contributed by atoms with E-state index in [9.17, 15) is 15.0 Å². The highest BCUT2D eigenvalue weighted by Gasteiger charge is 2.70. The van der Waals surface area contributed by atoms with Gasteiger partial charge in [-0.15, -0.1) is 0 Å². The van der Waals surface area contributed by atoms with Crippen LogP contribution in [0.15, 0.2) is 24.0 Å². The summed E-state index contributed by atoms with van der Waals surface area (Å²) in [5.74, 6) is 2.34. The predicted molar refractivity (Wildman–Crippen MR) is 133 cm³/mol. The van der Waals surface area contributed by atoms with Gasteiger partial charge in [0.2, 0.25) is 5.78 Å². The molecular weight excluding hydrogens is 408 g/mol. The van der Waals surface area contributed by atoms with E-state index in [0.717, 1.165) is 32.1 Å². The van der Waals surface area contributed by atoms with Crippen molar-refractivity contribution in [1.29, 1.82) is 0 Å². The van der Waals surface area contributed by atoms with E-state index >= 15 is 0 Å². The average molecular weight is 455 g/mol. The highest BCUT2D eigenvalue weighted by Crippen LogP contribution is 2.76. The molecule has 0 amide bonds. The van der Waals surface area contributed by atoms with Crippen LogP contribution in [0.2, 0.25) is 0 Å². The van der Waals surface area contributed by atoms with E-state index in [1.807, 2.05) is 6.08 Å². The molecule has 0 aromatic rings. The van der Waals surface area contributed by atoms with Crippen molar-refractivity contribution < 1.29 is 15.0 Å². The Kier molecular flexibility index (Phi) is 5.01. The van der Waals surface area contributed by atoms with Crippen LogP contribution in [-0.2, 0) is 4.79 Å². The van der Waals surface area contributed by atoms with E-state index in [2.05, 4.69) is 48.1 Å². The van der Waals surface area contributed by atoms with Gasteiger partial charge in [-0.2, -0.15) is 0 Å². The number of aliphatic hydroxyl groups excluding tert-OH is 2. The normalized spacial score (nSPS) is 52.8. The van der Waals surface area contributed by atoms with Gasteiger partial charge >= 0.3 is 0 Å². The minimum Gasteiger partial charge on any atom is -0.505 e. The summed E-state index contributed by atoms with van der Waals surface area (Å²) in [5, 5.41) is 21.4. The number of hydrogen-bond acceptors (Lipinski definition) is 3. The van der Waals surface area contributed by atoms with Crippen LogP contribution >= 0.6 is 0 Å². The van der Waals surface area contributed by atoms with Gasteiger partial charge in [-0.1, -0.05) is 46.8 Å². The van der Waals surface area contributed by atoms with Crippen LogP contribution in [0.25, 0.3) is 0 Å². The molecule has 3 heteroatoms. The average Bonchev–Trinajstić information content (AvgIpc) is 3.13. The molecule has 0 spiro atoms. The maximum Gasteiger partial charge on any atom is 0.202 e. The molecule has 0 aliphatic heterocycles. The van der Waals surface area contributed by atoms with Crippen LogP contribution in [0.3, 0.4) is 0 Å². The lowest BCUT2D eigenvalue weighted by atomic mass is 9.33. The van der Waals surface area contributed by atoms with Crippen LogP contribution in [0.1, 0.15) is 92.9 Å². The zero-order valence-electron chi connectivity index (χ0n) is 21.8. The molecule has 4 saturated carbocycles. The second-order valence-electron chi connectivity index (χ2n) is 14.1. The Morgan fingerprint density at radius 2 is 1.67 bits per heavy atom. The molecule has 4 fully saturated rings. The number of rotatable bonds is 2. The van der Waals surface area contributed by atoms with Crippen LogP contribution < -0.4 is 0 Å². The van der Waals surface area contributed by atoms with Crippen LogP contribution in [0, 0.1) is 56.7 Å². The zero-order chi connectivity index (χ0) is 24.2. The first-order valence-electron chi connectivity index (χ1n) is 13.5. The lowest BCUT2D eigenvalue weighted by Crippen LogP contribution is -2.66. The van der Waals surface area contributed by atoms with Crippen LogP contribution in [0.4, 0.5) is 0 Å². The summed E-state index contributed by atoms with van der Waals surface area (Å²) in [6.07, 6.45) is 11.2. The third-order valence-electron chi connectivity index (χ3n) is 12.9. The number of fused-ring (bicyclic) bond motifs is 7. The molecule has 5 aliphatic carbocycles. The van der Waals surface area contributed by atoms with Crippen molar-refractivity contribution in [1.82, 2.24) is 0 Å². The van der Waals surface area contributed by atoms with Gasteiger partial charge in [-0.3, -0.25) is 4.79 Å². The third-order valence-corrected chi connectivity index (χ3v) is 12.9. The number of hydrogen-bond donors (Lipinski definition) is 2. The molecule has 9 atom stereocenters. The molecule has 0 saturated heterocycles. The van der Waals surface area contributed by atoms with Crippen molar-refractivity contribution in [2.24, 2.45) is 56.7 Å². The van der Waals surface area contributed by atoms with E-state index < -0.39 is 5.41 Å². The molecule has 5 rings (SSSR count). The Labute approximate surface area is 201 Å². The number of carbonyl (C=O) groups excluding carboxylic acids is 1. The summed E-state index contributed by atoms with van der Waals surface area (Å²) >= 11 is 0. The number of Topliss-reactive ketones (excluding diaryl/α,β-unsaturated/α-hetero) is 1. The highest BCUT2D eigenvalue weighted by molar-refractivity contribution is 5.98. The van der Waals surface area contributed by atoms with E-state index in [0.29, 0.717) is 30.3 Å². The lowest BCUT2D eigenvalue weighted by Gasteiger charge is -2.71. The first-order valence-corrected chi connectivity index (χ1v) is 13.5. The molecule has 5 aliphatic rings. The largest absolute Gasteiger partial charge is 0.505 e. The van der Waals surface area contributed by atoms with Gasteiger partial charge in [0.15, 0.2) is 5.76 Å². The van der Waals surface area contributed by atoms with Crippen molar-refractivity contribution in [3.05, 3.63) is 24.0 Å². The molecule has 5 unspecified atom stereocenters. The minimum atomic E-state index is -0.512. The Hall–Kier alpha value is -1.09. The highest BCUT2D eigenvalue weighted by atomic mass is 16.3. The molecular formula is C30H46O3. The fourth-order valence-electron chi connectivity index (χ4n) is 11.0. The van der Waals surface area contributed by atoms with Gasteiger partial charge in [0, 0.05) is 12.0 Å². The van der Waals surface area contributed by atoms with E-state index in [1.165, 1.54) is 24.8 Å². The smallest absolute Gasteiger partial charge is 0.202 e. The van der Waals surface area contributed by atoms with Gasteiger partial charge in [-0.25, -0.2) is 0 Å². The number of ketones is 1. The molecule has 0 bridgehead atoms. The molecule has 184 valence electrons. The summed E-state index contributed by atoms with van der Waals surface area (Å²) < 4.78 is 0. The van der Waals surface area contributed by atoms with Gasteiger partial charge in [0.05, 0.1) is 0 Å². The second kappa shape index (κ2) is 6.99. The van der Waals surface area contributed by atoms with Crippen molar-refractivity contribution in [2.75, 3.05) is 6.61 Å². The maximum atomic E-state index is 12.9. The molecule has 3 nitrogen and oxygen atoms in total. The van der Waals surface area contributed by atoms with E-state index in [-0.39, 0.29) is 39.1 Å². The fourth-order valence-corrected chi connectivity index (χ4v) is 11.0. The number of carbonyl (C=O) groups is 1. The number of aliphatic hydroxyl groups is 2. The Morgan fingerprint density at radius 1 is 0.970 bits per heavy atom. The van der Waals surface area contributed by atoms with Gasteiger partial charge in [-0.05, 0) is 116 Å². The summed E-state index contributed by atoms with van der Waals surface area (Å²) in [4.78, 5) is 12.9. The van der Waals surface area contributed by atoms with Crippen LogP contribution in [0.5, 0.6) is 0 Å². The quantitative estimate of drug-likeness (QED) is 0.448. The molecule has 0 aromatic carbocycles. The first kappa shape index (κ1) is 23.6. The summed E-state index contributed by atoms with van der Waals surface area (Å²) in [5.41, 5.74) is 1.09. The maximum absolute atomic E-state index is 12.9. The molecule has 2 N–H and O–H groups in total. The SMILES string of the molecule is C=C(C)[C@@H]1CCC2(CO)CC[C@@]3(C)C(CCC4[C@@]5(C)C=C(O)C(=O)C(C)(C)C5CC[C@]43C)C12. The topological polar surface area (TPSA) is 57.5 Å². The van der Waals surface area contributed by atoms with Crippen molar-refractivity contribution in [3.8, 4) is 0 Å². The summed E-state index contributed by atoms with van der Waals surface area (Å²) in [7, 11) is 0. The monoisotopic (exact) mass is 454 g/mol. The second-order valence-corrected chi connectivity index (χ2v) is 14.1. The zero-order valence-corrected chi connectivity index (χ0v) is 21.8. The Balaban J connectivity index is 1.59. The van der Waals surface area contributed by atoms with Crippen molar-refractivity contribution >= 4 is 5.78 Å². The van der Waals surface area contributed by atoms with Crippen LogP contribution in [-0.4, -0.2) is 22.6 Å². The van der Waals surface area contributed by atoms with E-state index in [1.54, 1.807) is 0 Å². The fraction of sp³-hybridized carbons (Fsp3) is 0.833.